The van der Waals surface area contributed by atoms with Crippen molar-refractivity contribution >= 4 is 23.0 Å². The summed E-state index contributed by atoms with van der Waals surface area (Å²) in [5.41, 5.74) is 8.88. The van der Waals surface area contributed by atoms with Crippen LogP contribution in [-0.2, 0) is 11.2 Å². The number of nitrogens with two attached hydrogens (primary N) is 1. The molecule has 0 saturated carbocycles. The minimum Gasteiger partial charge on any atom is -0.462 e. The molecule has 2 N–H and O–H groups in total. The maximum Gasteiger partial charge on any atom is 0.338 e. The van der Waals surface area contributed by atoms with Crippen molar-refractivity contribution in [3.8, 4) is 0 Å². The first-order chi connectivity index (χ1) is 8.68. The largest absolute Gasteiger partial charge is 0.462 e. The predicted molar refractivity (Wildman–Crippen MR) is 73.9 cm³/mol. The van der Waals surface area contributed by atoms with Crippen molar-refractivity contribution in [2.24, 2.45) is 0 Å². The van der Waals surface area contributed by atoms with E-state index < -0.39 is 0 Å². The number of hydrogen-bond donors (Lipinski definition) is 1. The molecule has 3 nitrogen and oxygen atoms in total. The van der Waals surface area contributed by atoms with Crippen LogP contribution in [0.15, 0.2) is 35.0 Å². The highest BCUT2D eigenvalue weighted by Gasteiger charge is 2.11. The molecule has 4 heteroatoms. The van der Waals surface area contributed by atoms with Crippen LogP contribution in [0.3, 0.4) is 0 Å². The third-order valence-corrected chi connectivity index (χ3v) is 3.53. The van der Waals surface area contributed by atoms with E-state index in [1.54, 1.807) is 29.5 Å². The molecule has 18 heavy (non-hydrogen) atoms. The van der Waals surface area contributed by atoms with Crippen LogP contribution in [-0.4, -0.2) is 12.6 Å². The molecule has 0 aliphatic rings. The van der Waals surface area contributed by atoms with Gasteiger partial charge in [0.15, 0.2) is 0 Å². The van der Waals surface area contributed by atoms with Gasteiger partial charge in [0, 0.05) is 12.1 Å². The quantitative estimate of drug-likeness (QED) is 0.680. The van der Waals surface area contributed by atoms with Gasteiger partial charge in [-0.15, -0.1) is 0 Å². The van der Waals surface area contributed by atoms with Crippen LogP contribution in [0.2, 0.25) is 0 Å². The molecule has 0 unspecified atom stereocenters. The number of esters is 1. The third-order valence-electron chi connectivity index (χ3n) is 2.80. The zero-order valence-corrected chi connectivity index (χ0v) is 11.0. The van der Waals surface area contributed by atoms with Crippen molar-refractivity contribution in [2.75, 3.05) is 12.3 Å². The van der Waals surface area contributed by atoms with Gasteiger partial charge in [0.05, 0.1) is 12.2 Å². The fraction of sp³-hybridized carbons (Fsp3) is 0.214. The zero-order valence-electron chi connectivity index (χ0n) is 10.2. The Hall–Kier alpha value is -1.81. The molecule has 0 atom stereocenters. The van der Waals surface area contributed by atoms with E-state index in [0.29, 0.717) is 17.9 Å². The first-order valence-corrected chi connectivity index (χ1v) is 6.66. The Labute approximate surface area is 110 Å². The van der Waals surface area contributed by atoms with E-state index in [-0.39, 0.29) is 5.97 Å². The van der Waals surface area contributed by atoms with Gasteiger partial charge in [-0.1, -0.05) is 6.07 Å². The Bertz CT molecular complexity index is 535. The van der Waals surface area contributed by atoms with Gasteiger partial charge in [-0.2, -0.15) is 11.3 Å². The Morgan fingerprint density at radius 1 is 1.39 bits per heavy atom. The molecule has 2 rings (SSSR count). The van der Waals surface area contributed by atoms with Crippen molar-refractivity contribution < 1.29 is 9.53 Å². The van der Waals surface area contributed by atoms with Crippen molar-refractivity contribution in [3.63, 3.8) is 0 Å². The molecule has 0 bridgehead atoms. The summed E-state index contributed by atoms with van der Waals surface area (Å²) in [6.45, 7) is 2.22. The first-order valence-electron chi connectivity index (χ1n) is 5.72. The van der Waals surface area contributed by atoms with Crippen molar-refractivity contribution in [1.82, 2.24) is 0 Å². The number of benzene rings is 1. The molecule has 1 aromatic heterocycles. The predicted octanol–water partition coefficient (Wildman–Crippen LogP) is 3.04. The summed E-state index contributed by atoms with van der Waals surface area (Å²) in [7, 11) is 0. The summed E-state index contributed by atoms with van der Waals surface area (Å²) in [5, 5.41) is 4.07. The lowest BCUT2D eigenvalue weighted by atomic mass is 10.1. The molecular weight excluding hydrogens is 246 g/mol. The van der Waals surface area contributed by atoms with Crippen LogP contribution in [0.1, 0.15) is 21.5 Å². The van der Waals surface area contributed by atoms with Crippen LogP contribution in [0.5, 0.6) is 0 Å². The van der Waals surface area contributed by atoms with Gasteiger partial charge in [0.1, 0.15) is 0 Å². The molecule has 0 aliphatic carbocycles. The third kappa shape index (κ3) is 2.90. The summed E-state index contributed by atoms with van der Waals surface area (Å²) >= 11 is 1.64. The van der Waals surface area contributed by atoms with Crippen LogP contribution in [0.25, 0.3) is 0 Å². The normalized spacial score (nSPS) is 10.3. The number of ether oxygens (including phenoxy) is 1. The summed E-state index contributed by atoms with van der Waals surface area (Å²) in [6.07, 6.45) is 0.747. The molecule has 1 aromatic carbocycles. The number of anilines is 1. The second-order valence-corrected chi connectivity index (χ2v) is 4.82. The number of carbonyl (C=O) groups is 1. The van der Waals surface area contributed by atoms with Crippen molar-refractivity contribution in [3.05, 3.63) is 51.7 Å². The van der Waals surface area contributed by atoms with Gasteiger partial charge in [0.2, 0.25) is 0 Å². The van der Waals surface area contributed by atoms with Gasteiger partial charge in [-0.05, 0) is 47.0 Å². The van der Waals surface area contributed by atoms with Crippen LogP contribution >= 0.6 is 11.3 Å². The molecule has 2 aromatic rings. The Balaban J connectivity index is 1.93. The molecule has 0 spiro atoms. The van der Waals surface area contributed by atoms with Gasteiger partial charge in [0.25, 0.3) is 0 Å². The SMILES string of the molecule is Cc1c(N)cccc1C(=O)OCCc1ccsc1. The van der Waals surface area contributed by atoms with E-state index in [1.165, 1.54) is 5.56 Å². The zero-order chi connectivity index (χ0) is 13.0. The van der Waals surface area contributed by atoms with Crippen molar-refractivity contribution in [1.29, 1.82) is 0 Å². The van der Waals surface area contributed by atoms with Crippen LogP contribution in [0.4, 0.5) is 5.69 Å². The summed E-state index contributed by atoms with van der Waals surface area (Å²) in [6, 6.07) is 7.30. The molecule has 0 saturated heterocycles. The minimum atomic E-state index is -0.310. The highest BCUT2D eigenvalue weighted by atomic mass is 32.1. The van der Waals surface area contributed by atoms with E-state index in [4.69, 9.17) is 10.5 Å². The fourth-order valence-electron chi connectivity index (χ4n) is 1.65. The lowest BCUT2D eigenvalue weighted by molar-refractivity contribution is 0.0508. The lowest BCUT2D eigenvalue weighted by Gasteiger charge is -2.08. The summed E-state index contributed by atoms with van der Waals surface area (Å²) < 4.78 is 5.25. The second kappa shape index (κ2) is 5.69. The highest BCUT2D eigenvalue weighted by Crippen LogP contribution is 2.16. The summed E-state index contributed by atoms with van der Waals surface area (Å²) in [5.74, 6) is -0.310. The topological polar surface area (TPSA) is 52.3 Å². The van der Waals surface area contributed by atoms with Gasteiger partial charge < -0.3 is 10.5 Å². The number of hydrogen-bond acceptors (Lipinski definition) is 4. The standard InChI is InChI=1S/C14H15NO2S/c1-10-12(3-2-4-13(10)15)14(16)17-7-5-11-6-8-18-9-11/h2-4,6,8-9H,5,7,15H2,1H3. The van der Waals surface area contributed by atoms with E-state index in [2.05, 4.69) is 5.38 Å². The van der Waals surface area contributed by atoms with Gasteiger partial charge in [-0.25, -0.2) is 4.79 Å². The molecule has 0 amide bonds. The average molecular weight is 261 g/mol. The maximum atomic E-state index is 11.9. The number of thiophene rings is 1. The van der Waals surface area contributed by atoms with Crippen LogP contribution in [0, 0.1) is 6.92 Å². The van der Waals surface area contributed by atoms with E-state index in [1.807, 2.05) is 18.4 Å². The van der Waals surface area contributed by atoms with Crippen LogP contribution < -0.4 is 5.73 Å². The number of rotatable bonds is 4. The Kier molecular flexibility index (Phi) is 3.99. The van der Waals surface area contributed by atoms with Gasteiger partial charge >= 0.3 is 5.97 Å². The van der Waals surface area contributed by atoms with E-state index in [0.717, 1.165) is 12.0 Å². The monoisotopic (exact) mass is 261 g/mol. The van der Waals surface area contributed by atoms with Crippen molar-refractivity contribution in [2.45, 2.75) is 13.3 Å². The summed E-state index contributed by atoms with van der Waals surface area (Å²) in [4.78, 5) is 11.9. The average Bonchev–Trinajstić information content (AvgIpc) is 2.85. The van der Waals surface area contributed by atoms with E-state index >= 15 is 0 Å². The second-order valence-electron chi connectivity index (χ2n) is 4.04. The Morgan fingerprint density at radius 3 is 2.94 bits per heavy atom. The number of carbonyl (C=O) groups excluding carboxylic acids is 1. The van der Waals surface area contributed by atoms with Gasteiger partial charge in [-0.3, -0.25) is 0 Å². The smallest absolute Gasteiger partial charge is 0.338 e. The maximum absolute atomic E-state index is 11.9. The molecule has 0 aliphatic heterocycles. The van der Waals surface area contributed by atoms with E-state index in [9.17, 15) is 4.79 Å². The number of nitrogen functional groups attached to an aromatic ring is 1. The molecule has 0 fully saturated rings. The molecular formula is C14H15NO2S. The Morgan fingerprint density at radius 2 is 2.22 bits per heavy atom. The highest BCUT2D eigenvalue weighted by molar-refractivity contribution is 7.07. The molecule has 0 radical (unpaired) electrons. The molecule has 1 heterocycles. The lowest BCUT2D eigenvalue weighted by Crippen LogP contribution is -2.10. The first kappa shape index (κ1) is 12.6. The minimum absolute atomic E-state index is 0.310. The molecule has 94 valence electrons. The fourth-order valence-corrected chi connectivity index (χ4v) is 2.35.